The van der Waals surface area contributed by atoms with Gasteiger partial charge in [-0.05, 0) is 31.4 Å². The molecule has 1 atom stereocenters. The number of halogens is 1. The Bertz CT molecular complexity index is 882. The topological polar surface area (TPSA) is 74.5 Å². The van der Waals surface area contributed by atoms with Gasteiger partial charge in [-0.3, -0.25) is 4.79 Å². The van der Waals surface area contributed by atoms with Crippen LogP contribution in [0.2, 0.25) is 0 Å². The maximum absolute atomic E-state index is 14.8. The Morgan fingerprint density at radius 3 is 2.79 bits per heavy atom. The fourth-order valence-corrected chi connectivity index (χ4v) is 5.41. The fraction of sp³-hybridized carbons (Fsp3) is 0.450. The molecule has 6 nitrogen and oxygen atoms in total. The second-order valence-corrected chi connectivity index (χ2v) is 8.70. The van der Waals surface area contributed by atoms with E-state index in [4.69, 9.17) is 18.0 Å². The van der Waals surface area contributed by atoms with Gasteiger partial charge in [0.2, 0.25) is 5.95 Å². The molecule has 1 unspecified atom stereocenters. The van der Waals surface area contributed by atoms with Crippen LogP contribution in [0.4, 0.5) is 10.2 Å². The SMILES string of the molecule is N/C=C(\C=S)N1CCC2=C(SC(c3ccc(N4CCCCC4)nc3F)N2)C(=O)C1. The number of hydrogen-bond acceptors (Lipinski definition) is 8. The summed E-state index contributed by atoms with van der Waals surface area (Å²) in [5.41, 5.74) is 7.61. The van der Waals surface area contributed by atoms with Crippen molar-refractivity contribution >= 4 is 40.9 Å². The third-order valence-electron chi connectivity index (χ3n) is 5.52. The number of nitrogens with two attached hydrogens (primary N) is 1. The van der Waals surface area contributed by atoms with E-state index in [9.17, 15) is 9.18 Å². The molecule has 1 aromatic rings. The van der Waals surface area contributed by atoms with Crippen molar-refractivity contribution in [3.05, 3.63) is 46.1 Å². The predicted octanol–water partition coefficient (Wildman–Crippen LogP) is 2.83. The molecule has 4 heterocycles. The van der Waals surface area contributed by atoms with E-state index in [2.05, 4.69) is 15.2 Å². The Balaban J connectivity index is 1.47. The number of rotatable bonds is 4. The van der Waals surface area contributed by atoms with Crippen molar-refractivity contribution in [1.29, 1.82) is 0 Å². The molecule has 0 aromatic carbocycles. The molecular weight excluding hydrogens is 409 g/mol. The molecule has 0 amide bonds. The van der Waals surface area contributed by atoms with E-state index < -0.39 is 5.95 Å². The number of hydrogen-bond donors (Lipinski definition) is 2. The van der Waals surface area contributed by atoms with Crippen molar-refractivity contribution in [2.45, 2.75) is 31.1 Å². The first kappa shape index (κ1) is 20.2. The van der Waals surface area contributed by atoms with Crippen molar-refractivity contribution in [2.75, 3.05) is 31.1 Å². The van der Waals surface area contributed by atoms with Gasteiger partial charge in [0.25, 0.3) is 0 Å². The number of allylic oxidation sites excluding steroid dienone is 1. The third-order valence-corrected chi connectivity index (χ3v) is 7.08. The number of nitrogens with zero attached hydrogens (tertiary/aromatic N) is 3. The average Bonchev–Trinajstić information content (AvgIpc) is 3.11. The molecule has 3 N–H and O–H groups in total. The van der Waals surface area contributed by atoms with Gasteiger partial charge in [-0.2, -0.15) is 4.39 Å². The Kier molecular flexibility index (Phi) is 6.05. The normalized spacial score (nSPS) is 23.0. The highest BCUT2D eigenvalue weighted by Crippen LogP contribution is 2.43. The van der Waals surface area contributed by atoms with Crippen LogP contribution in [0.25, 0.3) is 0 Å². The first-order valence-corrected chi connectivity index (χ1v) is 11.2. The van der Waals surface area contributed by atoms with Crippen molar-refractivity contribution in [3.63, 3.8) is 0 Å². The summed E-state index contributed by atoms with van der Waals surface area (Å²) in [6.07, 6.45) is 5.52. The monoisotopic (exact) mass is 433 g/mol. The summed E-state index contributed by atoms with van der Waals surface area (Å²) < 4.78 is 14.8. The number of pyridine rings is 1. The van der Waals surface area contributed by atoms with Crippen molar-refractivity contribution in [3.8, 4) is 0 Å². The zero-order valence-electron chi connectivity index (χ0n) is 16.1. The second-order valence-electron chi connectivity index (χ2n) is 7.35. The predicted molar refractivity (Wildman–Crippen MR) is 118 cm³/mol. The molecule has 1 aromatic heterocycles. The highest BCUT2D eigenvalue weighted by Gasteiger charge is 2.34. The Morgan fingerprint density at radius 1 is 1.31 bits per heavy atom. The van der Waals surface area contributed by atoms with Gasteiger partial charge in [0.15, 0.2) is 5.78 Å². The smallest absolute Gasteiger partial charge is 0.220 e. The van der Waals surface area contributed by atoms with Crippen molar-refractivity contribution in [1.82, 2.24) is 15.2 Å². The van der Waals surface area contributed by atoms with Gasteiger partial charge in [-0.1, -0.05) is 24.0 Å². The molecule has 1 saturated heterocycles. The fourth-order valence-electron chi connectivity index (χ4n) is 3.94. The van der Waals surface area contributed by atoms with Crippen LogP contribution in [0.1, 0.15) is 36.6 Å². The zero-order chi connectivity index (χ0) is 20.4. The summed E-state index contributed by atoms with van der Waals surface area (Å²) in [4.78, 5) is 21.7. The van der Waals surface area contributed by atoms with E-state index in [1.807, 2.05) is 11.0 Å². The number of nitrogens with one attached hydrogen (secondary N) is 1. The summed E-state index contributed by atoms with van der Waals surface area (Å²) in [6.45, 7) is 2.68. The van der Waals surface area contributed by atoms with Crippen LogP contribution in [0.3, 0.4) is 0 Å². The third kappa shape index (κ3) is 4.11. The van der Waals surface area contributed by atoms with E-state index in [0.717, 1.165) is 31.6 Å². The van der Waals surface area contributed by atoms with E-state index in [1.54, 1.807) is 6.07 Å². The van der Waals surface area contributed by atoms with Gasteiger partial charge < -0.3 is 20.9 Å². The minimum absolute atomic E-state index is 0.00740. The Labute approximate surface area is 179 Å². The molecule has 0 saturated carbocycles. The number of carbonyl (C=O) groups excluding carboxylic acids is 1. The molecule has 0 radical (unpaired) electrons. The summed E-state index contributed by atoms with van der Waals surface area (Å²) in [5, 5.41) is 4.47. The minimum atomic E-state index is -0.473. The number of Topliss-reactive ketones (excluding diaryl/α,β-unsaturated/α-hetero) is 1. The molecule has 154 valence electrons. The standard InChI is InChI=1S/C20H24FN5OS2/c21-19-14(4-5-17(24-19)25-7-2-1-3-8-25)20-23-15-6-9-26(13(10-22)12-28)11-16(27)18(15)29-20/h4-5,10,12,20,23H,1-3,6-9,11,22H2/b13-10+. The maximum Gasteiger partial charge on any atom is 0.220 e. The Morgan fingerprint density at radius 2 is 2.10 bits per heavy atom. The summed E-state index contributed by atoms with van der Waals surface area (Å²) in [7, 11) is 0. The van der Waals surface area contributed by atoms with Crippen LogP contribution < -0.4 is 16.0 Å². The van der Waals surface area contributed by atoms with Crippen LogP contribution in [0, 0.1) is 5.95 Å². The largest absolute Gasteiger partial charge is 0.403 e. The van der Waals surface area contributed by atoms with Crippen LogP contribution in [0.5, 0.6) is 0 Å². The molecule has 29 heavy (non-hydrogen) atoms. The number of ketones is 1. The number of thioether (sulfide) groups is 1. The Hall–Kier alpha value is -2.13. The van der Waals surface area contributed by atoms with Gasteiger partial charge in [0.05, 0.1) is 17.1 Å². The zero-order valence-corrected chi connectivity index (χ0v) is 17.7. The lowest BCUT2D eigenvalue weighted by atomic mass is 10.1. The molecule has 9 heteroatoms. The molecular formula is C20H24FN5OS2. The lowest BCUT2D eigenvalue weighted by Crippen LogP contribution is -2.31. The molecule has 4 rings (SSSR count). The lowest BCUT2D eigenvalue weighted by molar-refractivity contribution is -0.115. The van der Waals surface area contributed by atoms with Crippen LogP contribution in [-0.4, -0.2) is 47.2 Å². The van der Waals surface area contributed by atoms with E-state index >= 15 is 0 Å². The summed E-state index contributed by atoms with van der Waals surface area (Å²) in [5.74, 6) is 0.210. The maximum atomic E-state index is 14.8. The molecule has 0 aliphatic carbocycles. The van der Waals surface area contributed by atoms with E-state index in [0.29, 0.717) is 34.9 Å². The first-order chi connectivity index (χ1) is 14.1. The quantitative estimate of drug-likeness (QED) is 0.427. The highest BCUT2D eigenvalue weighted by atomic mass is 32.2. The number of anilines is 1. The van der Waals surface area contributed by atoms with Crippen LogP contribution >= 0.6 is 24.0 Å². The molecule has 0 spiro atoms. The second kappa shape index (κ2) is 8.71. The van der Waals surface area contributed by atoms with Gasteiger partial charge in [0, 0.05) is 48.9 Å². The molecule has 1 fully saturated rings. The number of carbonyl (C=O) groups is 1. The van der Waals surface area contributed by atoms with E-state index in [1.165, 1.54) is 29.8 Å². The lowest BCUT2D eigenvalue weighted by Gasteiger charge is -2.28. The van der Waals surface area contributed by atoms with Crippen molar-refractivity contribution in [2.24, 2.45) is 5.73 Å². The van der Waals surface area contributed by atoms with Gasteiger partial charge in [-0.15, -0.1) is 0 Å². The molecule has 3 aliphatic heterocycles. The number of thiocarbonyl (C=S) groups is 1. The van der Waals surface area contributed by atoms with Gasteiger partial charge in [-0.25, -0.2) is 4.98 Å². The van der Waals surface area contributed by atoms with Crippen LogP contribution in [0.15, 0.2) is 34.6 Å². The van der Waals surface area contributed by atoms with Gasteiger partial charge >= 0.3 is 0 Å². The van der Waals surface area contributed by atoms with E-state index in [-0.39, 0.29) is 17.7 Å². The number of piperidine rings is 1. The minimum Gasteiger partial charge on any atom is -0.403 e. The highest BCUT2D eigenvalue weighted by molar-refractivity contribution is 8.04. The van der Waals surface area contributed by atoms with Crippen molar-refractivity contribution < 1.29 is 9.18 Å². The summed E-state index contributed by atoms with van der Waals surface area (Å²) >= 11 is 6.34. The molecule has 0 bridgehead atoms. The first-order valence-electron chi connectivity index (χ1n) is 9.83. The van der Waals surface area contributed by atoms with Crippen LogP contribution in [-0.2, 0) is 4.79 Å². The number of aromatic nitrogens is 1. The average molecular weight is 434 g/mol. The molecule has 3 aliphatic rings. The van der Waals surface area contributed by atoms with Gasteiger partial charge in [0.1, 0.15) is 11.2 Å². The summed E-state index contributed by atoms with van der Waals surface area (Å²) in [6, 6.07) is 3.68.